The zero-order chi connectivity index (χ0) is 20.3. The predicted molar refractivity (Wildman–Crippen MR) is 108 cm³/mol. The molecule has 3 rings (SSSR count). The Hall–Kier alpha value is -2.70. The highest BCUT2D eigenvalue weighted by Gasteiger charge is 2.21. The molecule has 0 saturated carbocycles. The van der Waals surface area contributed by atoms with Gasteiger partial charge in [0.15, 0.2) is 11.6 Å². The number of carbonyl (C=O) groups is 2. The second kappa shape index (κ2) is 8.54. The van der Waals surface area contributed by atoms with E-state index in [0.29, 0.717) is 44.9 Å². The lowest BCUT2D eigenvalue weighted by molar-refractivity contribution is -0.120. The van der Waals surface area contributed by atoms with E-state index in [1.165, 1.54) is 0 Å². The number of aryl methyl sites for hydroxylation is 1. The minimum atomic E-state index is -0.264. The Labute approximate surface area is 172 Å². The fourth-order valence-electron chi connectivity index (χ4n) is 2.81. The van der Waals surface area contributed by atoms with Crippen molar-refractivity contribution in [2.24, 2.45) is 0 Å². The van der Waals surface area contributed by atoms with E-state index in [1.807, 2.05) is 0 Å². The number of rotatable bonds is 6. The Morgan fingerprint density at radius 1 is 1.07 bits per heavy atom. The molecule has 1 amide bonds. The number of hydrogen-bond donors (Lipinski definition) is 1. The zero-order valence-electron chi connectivity index (χ0n) is 15.4. The van der Waals surface area contributed by atoms with Gasteiger partial charge in [0.2, 0.25) is 5.91 Å². The second-order valence-electron chi connectivity index (χ2n) is 6.10. The minimum Gasteiger partial charge on any atom is -0.349 e. The first-order valence-corrected chi connectivity index (χ1v) is 9.44. The average Bonchev–Trinajstić information content (AvgIpc) is 3.06. The topological polar surface area (TPSA) is 76.9 Å². The van der Waals surface area contributed by atoms with E-state index in [-0.39, 0.29) is 18.2 Å². The third-order valence-electron chi connectivity index (χ3n) is 4.22. The summed E-state index contributed by atoms with van der Waals surface area (Å²) in [5.41, 5.74) is 1.31. The molecule has 0 bridgehead atoms. The summed E-state index contributed by atoms with van der Waals surface area (Å²) in [6, 6.07) is 11.8. The SMILES string of the molecule is CCC(=O)NCc1nnc(C)n1-c1ccc(Cl)cc1C(=O)c1ccccc1Cl. The number of nitrogens with zero attached hydrogens (tertiary/aromatic N) is 3. The lowest BCUT2D eigenvalue weighted by atomic mass is 10.0. The van der Waals surface area contributed by atoms with Crippen LogP contribution in [0, 0.1) is 6.92 Å². The minimum absolute atomic E-state index is 0.101. The fraction of sp³-hybridized carbons (Fsp3) is 0.200. The summed E-state index contributed by atoms with van der Waals surface area (Å²) in [5, 5.41) is 11.8. The number of ketones is 1. The van der Waals surface area contributed by atoms with Crippen LogP contribution in [0.25, 0.3) is 5.69 Å². The van der Waals surface area contributed by atoms with Crippen LogP contribution in [0.2, 0.25) is 10.0 Å². The Morgan fingerprint density at radius 2 is 1.82 bits per heavy atom. The summed E-state index contributed by atoms with van der Waals surface area (Å²) < 4.78 is 1.73. The fourth-order valence-corrected chi connectivity index (χ4v) is 3.21. The maximum Gasteiger partial charge on any atom is 0.220 e. The van der Waals surface area contributed by atoms with Crippen molar-refractivity contribution in [2.45, 2.75) is 26.8 Å². The monoisotopic (exact) mass is 416 g/mol. The molecular formula is C20H18Cl2N4O2. The molecule has 8 heteroatoms. The van der Waals surface area contributed by atoms with Crippen molar-refractivity contribution < 1.29 is 9.59 Å². The molecule has 1 N–H and O–H groups in total. The predicted octanol–water partition coefficient (Wildman–Crippen LogP) is 4.14. The van der Waals surface area contributed by atoms with Gasteiger partial charge in [-0.25, -0.2) is 0 Å². The van der Waals surface area contributed by atoms with Gasteiger partial charge >= 0.3 is 0 Å². The van der Waals surface area contributed by atoms with E-state index >= 15 is 0 Å². The molecule has 6 nitrogen and oxygen atoms in total. The van der Waals surface area contributed by atoms with Crippen LogP contribution in [0.5, 0.6) is 0 Å². The maximum absolute atomic E-state index is 13.2. The second-order valence-corrected chi connectivity index (χ2v) is 6.94. The molecule has 0 radical (unpaired) electrons. The number of aromatic nitrogens is 3. The standard InChI is InChI=1S/C20H18Cl2N4O2/c1-3-19(27)23-11-18-25-24-12(2)26(18)17-9-8-13(21)10-15(17)20(28)14-6-4-5-7-16(14)22/h4-10H,3,11H2,1-2H3,(H,23,27). The molecule has 0 aliphatic rings. The maximum atomic E-state index is 13.2. The molecule has 0 aliphatic heterocycles. The molecule has 144 valence electrons. The first-order valence-electron chi connectivity index (χ1n) is 8.69. The third-order valence-corrected chi connectivity index (χ3v) is 4.78. The Kier molecular flexibility index (Phi) is 6.11. The molecular weight excluding hydrogens is 399 g/mol. The smallest absolute Gasteiger partial charge is 0.220 e. The van der Waals surface area contributed by atoms with Crippen LogP contribution in [-0.4, -0.2) is 26.5 Å². The highest BCUT2D eigenvalue weighted by molar-refractivity contribution is 6.35. The van der Waals surface area contributed by atoms with Crippen LogP contribution < -0.4 is 5.32 Å². The quantitative estimate of drug-likeness (QED) is 0.612. The molecule has 0 spiro atoms. The largest absolute Gasteiger partial charge is 0.349 e. The van der Waals surface area contributed by atoms with Crippen molar-refractivity contribution in [1.82, 2.24) is 20.1 Å². The van der Waals surface area contributed by atoms with Crippen LogP contribution in [-0.2, 0) is 11.3 Å². The van der Waals surface area contributed by atoms with E-state index in [4.69, 9.17) is 23.2 Å². The van der Waals surface area contributed by atoms with Gasteiger partial charge in [-0.15, -0.1) is 10.2 Å². The van der Waals surface area contributed by atoms with Crippen LogP contribution in [0.1, 0.15) is 40.9 Å². The van der Waals surface area contributed by atoms with Crippen LogP contribution in [0.3, 0.4) is 0 Å². The summed E-state index contributed by atoms with van der Waals surface area (Å²) in [6.45, 7) is 3.73. The van der Waals surface area contributed by atoms with Crippen molar-refractivity contribution in [3.05, 3.63) is 75.3 Å². The van der Waals surface area contributed by atoms with Crippen molar-refractivity contribution >= 4 is 34.9 Å². The number of benzene rings is 2. The Morgan fingerprint density at radius 3 is 2.54 bits per heavy atom. The molecule has 0 atom stereocenters. The average molecular weight is 417 g/mol. The van der Waals surface area contributed by atoms with Crippen molar-refractivity contribution in [1.29, 1.82) is 0 Å². The normalized spacial score (nSPS) is 10.7. The van der Waals surface area contributed by atoms with E-state index in [2.05, 4.69) is 15.5 Å². The third kappa shape index (κ3) is 4.08. The lowest BCUT2D eigenvalue weighted by Gasteiger charge is -2.14. The van der Waals surface area contributed by atoms with Crippen LogP contribution in [0.4, 0.5) is 0 Å². The van der Waals surface area contributed by atoms with Gasteiger partial charge in [-0.05, 0) is 37.3 Å². The molecule has 1 heterocycles. The van der Waals surface area contributed by atoms with Gasteiger partial charge in [-0.1, -0.05) is 42.3 Å². The number of halogens is 2. The highest BCUT2D eigenvalue weighted by Crippen LogP contribution is 2.27. The molecule has 2 aromatic carbocycles. The van der Waals surface area contributed by atoms with Crippen LogP contribution >= 0.6 is 23.2 Å². The van der Waals surface area contributed by atoms with E-state index < -0.39 is 0 Å². The van der Waals surface area contributed by atoms with Gasteiger partial charge in [-0.3, -0.25) is 14.2 Å². The zero-order valence-corrected chi connectivity index (χ0v) is 16.9. The van der Waals surface area contributed by atoms with Crippen molar-refractivity contribution in [3.63, 3.8) is 0 Å². The molecule has 0 saturated heterocycles. The van der Waals surface area contributed by atoms with Gasteiger partial charge in [0.1, 0.15) is 5.82 Å². The van der Waals surface area contributed by atoms with Crippen molar-refractivity contribution in [3.8, 4) is 5.69 Å². The summed E-state index contributed by atoms with van der Waals surface area (Å²) >= 11 is 12.4. The number of hydrogen-bond acceptors (Lipinski definition) is 4. The summed E-state index contributed by atoms with van der Waals surface area (Å²) in [7, 11) is 0. The summed E-state index contributed by atoms with van der Waals surface area (Å²) in [6.07, 6.45) is 0.365. The summed E-state index contributed by atoms with van der Waals surface area (Å²) in [5.74, 6) is 0.724. The first-order chi connectivity index (χ1) is 13.4. The number of amides is 1. The first kappa shape index (κ1) is 20.0. The van der Waals surface area contributed by atoms with Gasteiger partial charge in [0, 0.05) is 22.6 Å². The molecule has 0 unspecified atom stereocenters. The number of carbonyl (C=O) groups excluding carboxylic acids is 2. The van der Waals surface area contributed by atoms with E-state index in [9.17, 15) is 9.59 Å². The molecule has 3 aromatic rings. The lowest BCUT2D eigenvalue weighted by Crippen LogP contribution is -2.24. The van der Waals surface area contributed by atoms with E-state index in [1.54, 1.807) is 60.9 Å². The van der Waals surface area contributed by atoms with Gasteiger partial charge in [-0.2, -0.15) is 0 Å². The van der Waals surface area contributed by atoms with Gasteiger partial charge in [0.25, 0.3) is 0 Å². The molecule has 0 fully saturated rings. The highest BCUT2D eigenvalue weighted by atomic mass is 35.5. The number of nitrogens with one attached hydrogen (secondary N) is 1. The van der Waals surface area contributed by atoms with Gasteiger partial charge < -0.3 is 5.32 Å². The molecule has 28 heavy (non-hydrogen) atoms. The van der Waals surface area contributed by atoms with E-state index in [0.717, 1.165) is 0 Å². The van der Waals surface area contributed by atoms with Crippen LogP contribution in [0.15, 0.2) is 42.5 Å². The van der Waals surface area contributed by atoms with Crippen molar-refractivity contribution in [2.75, 3.05) is 0 Å². The van der Waals surface area contributed by atoms with Gasteiger partial charge in [0.05, 0.1) is 17.3 Å². The Balaban J connectivity index is 2.10. The summed E-state index contributed by atoms with van der Waals surface area (Å²) in [4.78, 5) is 24.8. The Bertz CT molecular complexity index is 1050. The molecule has 0 aliphatic carbocycles. The molecule has 1 aromatic heterocycles.